The molecule has 0 aliphatic heterocycles. The van der Waals surface area contributed by atoms with Crippen LogP contribution in [0.4, 0.5) is 10.1 Å². The number of nitro benzene ring substituents is 1. The maximum absolute atomic E-state index is 13.1. The highest BCUT2D eigenvalue weighted by Gasteiger charge is 2.25. The van der Waals surface area contributed by atoms with Gasteiger partial charge in [-0.2, -0.15) is 0 Å². The van der Waals surface area contributed by atoms with E-state index in [1.807, 2.05) is 0 Å². The van der Waals surface area contributed by atoms with Gasteiger partial charge in [-0.3, -0.25) is 10.1 Å². The largest absolute Gasteiger partial charge is 0.394 e. The van der Waals surface area contributed by atoms with Crippen molar-refractivity contribution in [3.63, 3.8) is 0 Å². The van der Waals surface area contributed by atoms with Gasteiger partial charge < -0.3 is 15.3 Å². The number of rotatable bonds is 4. The van der Waals surface area contributed by atoms with Gasteiger partial charge in [0.1, 0.15) is 18.0 Å². The van der Waals surface area contributed by atoms with Crippen LogP contribution in [0.15, 0.2) is 12.1 Å². The Kier molecular flexibility index (Phi) is 4.11. The Morgan fingerprint density at radius 2 is 2.06 bits per heavy atom. The Hall–Kier alpha value is -1.57. The highest BCUT2D eigenvalue weighted by molar-refractivity contribution is 5.46. The van der Waals surface area contributed by atoms with Crippen molar-refractivity contribution < 1.29 is 24.6 Å². The monoisotopic (exact) mass is 245 g/mol. The lowest BCUT2D eigenvalue weighted by Gasteiger charge is -2.17. The topological polar surface area (TPSA) is 104 Å². The van der Waals surface area contributed by atoms with Crippen LogP contribution in [0.5, 0.6) is 0 Å². The normalized spacial score (nSPS) is 14.4. The fourth-order valence-corrected chi connectivity index (χ4v) is 1.49. The second-order valence-corrected chi connectivity index (χ2v) is 3.59. The zero-order chi connectivity index (χ0) is 13.2. The summed E-state index contributed by atoms with van der Waals surface area (Å²) in [6.07, 6.45) is -3.09. The summed E-state index contributed by atoms with van der Waals surface area (Å²) < 4.78 is 13.1. The first-order chi connectivity index (χ1) is 7.88. The molecule has 2 atom stereocenters. The maximum atomic E-state index is 13.1. The number of aliphatic hydroxyl groups excluding tert-OH is 3. The number of aliphatic hydroxyl groups is 3. The third-order valence-electron chi connectivity index (χ3n) is 2.45. The van der Waals surface area contributed by atoms with Crippen molar-refractivity contribution in [3.8, 4) is 0 Å². The van der Waals surface area contributed by atoms with Gasteiger partial charge in [0.2, 0.25) is 0 Å². The molecule has 94 valence electrons. The van der Waals surface area contributed by atoms with Crippen LogP contribution in [0.2, 0.25) is 0 Å². The first-order valence-electron chi connectivity index (χ1n) is 4.80. The molecule has 2 unspecified atom stereocenters. The summed E-state index contributed by atoms with van der Waals surface area (Å²) in [5.74, 6) is -0.888. The molecule has 3 N–H and O–H groups in total. The van der Waals surface area contributed by atoms with Gasteiger partial charge in [0, 0.05) is 5.56 Å². The Morgan fingerprint density at radius 3 is 2.53 bits per heavy atom. The van der Waals surface area contributed by atoms with Gasteiger partial charge in [0.25, 0.3) is 5.69 Å². The molecule has 0 heterocycles. The van der Waals surface area contributed by atoms with E-state index in [4.69, 9.17) is 5.11 Å². The average Bonchev–Trinajstić information content (AvgIpc) is 2.29. The Morgan fingerprint density at radius 1 is 1.47 bits per heavy atom. The van der Waals surface area contributed by atoms with Crippen LogP contribution in [0.3, 0.4) is 0 Å². The van der Waals surface area contributed by atoms with E-state index in [1.165, 1.54) is 6.92 Å². The number of halogens is 1. The molecule has 6 nitrogen and oxygen atoms in total. The fraction of sp³-hybridized carbons (Fsp3) is 0.400. The lowest BCUT2D eigenvalue weighted by atomic mass is 9.98. The molecule has 1 aromatic carbocycles. The zero-order valence-electron chi connectivity index (χ0n) is 9.00. The lowest BCUT2D eigenvalue weighted by Crippen LogP contribution is -2.23. The molecular formula is C10H12FNO5. The summed E-state index contributed by atoms with van der Waals surface area (Å²) in [5.41, 5.74) is -0.543. The van der Waals surface area contributed by atoms with Gasteiger partial charge in [-0.1, -0.05) is 0 Å². The molecule has 0 saturated heterocycles. The van der Waals surface area contributed by atoms with Crippen LogP contribution in [-0.4, -0.2) is 33.0 Å². The van der Waals surface area contributed by atoms with E-state index in [2.05, 4.69) is 0 Å². The van der Waals surface area contributed by atoms with E-state index < -0.39 is 35.2 Å². The van der Waals surface area contributed by atoms with E-state index in [9.17, 15) is 24.7 Å². The molecule has 17 heavy (non-hydrogen) atoms. The van der Waals surface area contributed by atoms with Gasteiger partial charge in [0.05, 0.1) is 17.6 Å². The molecule has 7 heteroatoms. The number of nitro groups is 1. The number of benzene rings is 1. The smallest absolute Gasteiger partial charge is 0.275 e. The highest BCUT2D eigenvalue weighted by atomic mass is 19.1. The molecule has 1 aromatic rings. The number of hydrogen-bond donors (Lipinski definition) is 3. The minimum atomic E-state index is -1.57. The van der Waals surface area contributed by atoms with E-state index in [0.717, 1.165) is 12.1 Å². The molecular weight excluding hydrogens is 233 g/mol. The van der Waals surface area contributed by atoms with Gasteiger partial charge in [-0.05, 0) is 18.6 Å². The zero-order valence-corrected chi connectivity index (χ0v) is 9.00. The molecule has 0 bridgehead atoms. The second kappa shape index (κ2) is 5.17. The predicted octanol–water partition coefficient (Wildman–Crippen LogP) is 0.429. The van der Waals surface area contributed by atoms with Gasteiger partial charge in [-0.15, -0.1) is 0 Å². The Labute approximate surface area is 96.1 Å². The predicted molar refractivity (Wildman–Crippen MR) is 55.8 cm³/mol. The summed E-state index contributed by atoms with van der Waals surface area (Å²) >= 11 is 0. The Balaban J connectivity index is 3.29. The van der Waals surface area contributed by atoms with Crippen molar-refractivity contribution >= 4 is 5.69 Å². The standard InChI is InChI=1S/C10H12FNO5/c1-5-7(10(15)9(14)4-13)2-6(11)3-8(5)12(16)17/h2-3,9-10,13-15H,4H2,1H3. The van der Waals surface area contributed by atoms with Crippen LogP contribution in [-0.2, 0) is 0 Å². The molecule has 0 spiro atoms. The van der Waals surface area contributed by atoms with Crippen LogP contribution in [0.25, 0.3) is 0 Å². The van der Waals surface area contributed by atoms with Crippen molar-refractivity contribution in [1.82, 2.24) is 0 Å². The minimum Gasteiger partial charge on any atom is -0.394 e. The van der Waals surface area contributed by atoms with Crippen molar-refractivity contribution in [3.05, 3.63) is 39.2 Å². The van der Waals surface area contributed by atoms with E-state index in [1.54, 1.807) is 0 Å². The molecule has 0 fully saturated rings. The van der Waals surface area contributed by atoms with Crippen molar-refractivity contribution in [1.29, 1.82) is 0 Å². The van der Waals surface area contributed by atoms with Crippen molar-refractivity contribution in [2.75, 3.05) is 6.61 Å². The first-order valence-corrected chi connectivity index (χ1v) is 4.80. The van der Waals surface area contributed by atoms with Crippen molar-refractivity contribution in [2.45, 2.75) is 19.1 Å². The summed E-state index contributed by atoms with van der Waals surface area (Å²) in [6, 6.07) is 1.63. The Bertz CT molecular complexity index is 437. The molecule has 1 rings (SSSR count). The van der Waals surface area contributed by atoms with Crippen LogP contribution >= 0.6 is 0 Å². The number of hydrogen-bond acceptors (Lipinski definition) is 5. The van der Waals surface area contributed by atoms with Gasteiger partial charge in [0.15, 0.2) is 0 Å². The maximum Gasteiger partial charge on any atom is 0.275 e. The van der Waals surface area contributed by atoms with Crippen molar-refractivity contribution in [2.24, 2.45) is 0 Å². The third kappa shape index (κ3) is 2.76. The molecule has 0 amide bonds. The summed E-state index contributed by atoms with van der Waals surface area (Å²) in [6.45, 7) is 0.602. The summed E-state index contributed by atoms with van der Waals surface area (Å²) in [4.78, 5) is 9.86. The quantitative estimate of drug-likeness (QED) is 0.527. The molecule has 0 aromatic heterocycles. The molecule has 0 saturated carbocycles. The van der Waals surface area contributed by atoms with Crippen LogP contribution < -0.4 is 0 Å². The molecule has 0 radical (unpaired) electrons. The fourth-order valence-electron chi connectivity index (χ4n) is 1.49. The van der Waals surface area contributed by atoms with E-state index >= 15 is 0 Å². The minimum absolute atomic E-state index is 0.0522. The highest BCUT2D eigenvalue weighted by Crippen LogP contribution is 2.29. The SMILES string of the molecule is Cc1c(C(O)C(O)CO)cc(F)cc1[N+](=O)[O-]. The molecule has 0 aliphatic rings. The van der Waals surface area contributed by atoms with E-state index in [-0.39, 0.29) is 11.1 Å². The number of nitrogens with zero attached hydrogens (tertiary/aromatic N) is 1. The molecule has 0 aliphatic carbocycles. The third-order valence-corrected chi connectivity index (χ3v) is 2.45. The summed E-state index contributed by atoms with van der Waals surface area (Å²) in [5, 5.41) is 38.1. The average molecular weight is 245 g/mol. The van der Waals surface area contributed by atoms with E-state index in [0.29, 0.717) is 0 Å². The second-order valence-electron chi connectivity index (χ2n) is 3.59. The van der Waals surface area contributed by atoms with Crippen LogP contribution in [0, 0.1) is 22.9 Å². The van der Waals surface area contributed by atoms with Gasteiger partial charge >= 0.3 is 0 Å². The first kappa shape index (κ1) is 13.5. The summed E-state index contributed by atoms with van der Waals surface area (Å²) in [7, 11) is 0. The van der Waals surface area contributed by atoms with Gasteiger partial charge in [-0.25, -0.2) is 4.39 Å². The lowest BCUT2D eigenvalue weighted by molar-refractivity contribution is -0.385. The van der Waals surface area contributed by atoms with Crippen LogP contribution in [0.1, 0.15) is 17.2 Å².